The maximum Gasteiger partial charge on any atom is 0.374 e. The smallest absolute Gasteiger partial charge is 0.374 e. The van der Waals surface area contributed by atoms with E-state index in [4.69, 9.17) is 9.15 Å². The number of anilines is 1. The van der Waals surface area contributed by atoms with E-state index in [0.29, 0.717) is 5.76 Å². The summed E-state index contributed by atoms with van der Waals surface area (Å²) in [6.45, 7) is 1.02. The number of nitro benzene ring substituents is 1. The number of rotatable bonds is 5. The van der Waals surface area contributed by atoms with Crippen LogP contribution in [0.15, 0.2) is 34.7 Å². The van der Waals surface area contributed by atoms with Crippen LogP contribution in [0, 0.1) is 22.9 Å². The van der Waals surface area contributed by atoms with Crippen molar-refractivity contribution < 1.29 is 28.1 Å². The molecule has 9 heteroatoms. The molecule has 0 aliphatic rings. The number of nitrogens with one attached hydrogen (secondary N) is 1. The Morgan fingerprint density at radius 2 is 2.09 bits per heavy atom. The summed E-state index contributed by atoms with van der Waals surface area (Å²) in [5, 5.41) is 12.9. The van der Waals surface area contributed by atoms with Crippen LogP contribution in [0.4, 0.5) is 15.8 Å². The standard InChI is InChI=1S/C14H11FN2O6/c1-8-2-5-12(23-8)14(19)22-7-13(18)16-9-3-4-10(15)11(6-9)17(20)21/h2-6H,7H2,1H3,(H,16,18). The van der Waals surface area contributed by atoms with E-state index in [2.05, 4.69) is 5.32 Å². The fourth-order valence-corrected chi connectivity index (χ4v) is 1.67. The maximum atomic E-state index is 13.2. The van der Waals surface area contributed by atoms with Crippen molar-refractivity contribution in [1.29, 1.82) is 0 Å². The molecule has 23 heavy (non-hydrogen) atoms. The van der Waals surface area contributed by atoms with Crippen LogP contribution in [0.3, 0.4) is 0 Å². The van der Waals surface area contributed by atoms with Gasteiger partial charge < -0.3 is 14.5 Å². The minimum Gasteiger partial charge on any atom is -0.454 e. The SMILES string of the molecule is Cc1ccc(C(=O)OCC(=O)Nc2ccc(F)c([N+](=O)[O-])c2)o1. The first kappa shape index (κ1) is 16.1. The predicted molar refractivity (Wildman–Crippen MR) is 75.4 cm³/mol. The lowest BCUT2D eigenvalue weighted by Gasteiger charge is -2.06. The summed E-state index contributed by atoms with van der Waals surface area (Å²) in [5.74, 6) is -2.11. The zero-order chi connectivity index (χ0) is 17.0. The van der Waals surface area contributed by atoms with Gasteiger partial charge in [0.05, 0.1) is 4.92 Å². The Hall–Kier alpha value is -3.23. The molecule has 0 atom stereocenters. The van der Waals surface area contributed by atoms with E-state index in [9.17, 15) is 24.1 Å². The number of carbonyl (C=O) groups excluding carboxylic acids is 2. The van der Waals surface area contributed by atoms with Gasteiger partial charge in [0.25, 0.3) is 5.91 Å². The first-order valence-electron chi connectivity index (χ1n) is 6.34. The molecule has 0 aliphatic heterocycles. The number of nitro groups is 1. The molecule has 0 spiro atoms. The molecular formula is C14H11FN2O6. The van der Waals surface area contributed by atoms with E-state index >= 15 is 0 Å². The molecule has 0 radical (unpaired) electrons. The molecule has 1 amide bonds. The van der Waals surface area contributed by atoms with Crippen molar-refractivity contribution in [3.05, 3.63) is 57.8 Å². The Morgan fingerprint density at radius 3 is 2.70 bits per heavy atom. The Morgan fingerprint density at radius 1 is 1.35 bits per heavy atom. The summed E-state index contributed by atoms with van der Waals surface area (Å²) in [7, 11) is 0. The van der Waals surface area contributed by atoms with E-state index in [1.54, 1.807) is 13.0 Å². The molecule has 120 valence electrons. The van der Waals surface area contributed by atoms with Crippen LogP contribution >= 0.6 is 0 Å². The number of aryl methyl sites for hydroxylation is 1. The lowest BCUT2D eigenvalue weighted by molar-refractivity contribution is -0.387. The first-order valence-corrected chi connectivity index (χ1v) is 6.34. The molecule has 0 unspecified atom stereocenters. The van der Waals surface area contributed by atoms with E-state index in [1.807, 2.05) is 0 Å². The second-order valence-corrected chi connectivity index (χ2v) is 4.46. The molecule has 2 rings (SSSR count). The summed E-state index contributed by atoms with van der Waals surface area (Å²) < 4.78 is 22.9. The van der Waals surface area contributed by atoms with Gasteiger partial charge in [-0.05, 0) is 31.2 Å². The fraction of sp³-hybridized carbons (Fsp3) is 0.143. The van der Waals surface area contributed by atoms with Gasteiger partial charge in [-0.1, -0.05) is 0 Å². The highest BCUT2D eigenvalue weighted by molar-refractivity contribution is 5.94. The van der Waals surface area contributed by atoms with Crippen molar-refractivity contribution in [2.24, 2.45) is 0 Å². The average Bonchev–Trinajstić information content (AvgIpc) is 2.93. The van der Waals surface area contributed by atoms with Crippen LogP contribution in [0.2, 0.25) is 0 Å². The highest BCUT2D eigenvalue weighted by Crippen LogP contribution is 2.21. The first-order chi connectivity index (χ1) is 10.9. The Balaban J connectivity index is 1.93. The van der Waals surface area contributed by atoms with Crippen molar-refractivity contribution in [1.82, 2.24) is 0 Å². The van der Waals surface area contributed by atoms with E-state index < -0.39 is 34.9 Å². The van der Waals surface area contributed by atoms with Crippen LogP contribution in [0.5, 0.6) is 0 Å². The number of nitrogens with zero attached hydrogens (tertiary/aromatic N) is 1. The zero-order valence-corrected chi connectivity index (χ0v) is 11.9. The second-order valence-electron chi connectivity index (χ2n) is 4.46. The number of halogens is 1. The summed E-state index contributed by atoms with van der Waals surface area (Å²) in [4.78, 5) is 32.9. The van der Waals surface area contributed by atoms with Gasteiger partial charge in [-0.3, -0.25) is 14.9 Å². The number of ether oxygens (including phenoxy) is 1. The molecule has 1 aromatic carbocycles. The third-order valence-electron chi connectivity index (χ3n) is 2.70. The van der Waals surface area contributed by atoms with Gasteiger partial charge in [0.15, 0.2) is 6.61 Å². The number of hydrogen-bond acceptors (Lipinski definition) is 6. The highest BCUT2D eigenvalue weighted by atomic mass is 19.1. The van der Waals surface area contributed by atoms with Crippen LogP contribution in [-0.4, -0.2) is 23.4 Å². The number of furan rings is 1. The molecule has 0 fully saturated rings. The lowest BCUT2D eigenvalue weighted by atomic mass is 10.2. The monoisotopic (exact) mass is 322 g/mol. The third-order valence-corrected chi connectivity index (χ3v) is 2.70. The summed E-state index contributed by atoms with van der Waals surface area (Å²) in [5.41, 5.74) is -0.765. The van der Waals surface area contributed by atoms with Gasteiger partial charge in [0.2, 0.25) is 11.6 Å². The van der Waals surface area contributed by atoms with E-state index in [0.717, 1.165) is 18.2 Å². The molecule has 0 saturated carbocycles. The largest absolute Gasteiger partial charge is 0.454 e. The molecule has 0 bridgehead atoms. The Bertz CT molecular complexity index is 770. The topological polar surface area (TPSA) is 112 Å². The number of amides is 1. The number of benzene rings is 1. The molecule has 1 N–H and O–H groups in total. The molecule has 0 saturated heterocycles. The van der Waals surface area contributed by atoms with Crippen LogP contribution in [0.1, 0.15) is 16.3 Å². The molecule has 8 nitrogen and oxygen atoms in total. The minimum atomic E-state index is -1.02. The van der Waals surface area contributed by atoms with Gasteiger partial charge in [0.1, 0.15) is 5.76 Å². The Kier molecular flexibility index (Phi) is 4.69. The second kappa shape index (κ2) is 6.69. The van der Waals surface area contributed by atoms with Crippen molar-refractivity contribution in [2.75, 3.05) is 11.9 Å². The van der Waals surface area contributed by atoms with Gasteiger partial charge in [-0.25, -0.2) is 4.79 Å². The number of carbonyl (C=O) groups is 2. The van der Waals surface area contributed by atoms with Crippen LogP contribution in [-0.2, 0) is 9.53 Å². The van der Waals surface area contributed by atoms with Gasteiger partial charge in [0, 0.05) is 11.8 Å². The summed E-state index contributed by atoms with van der Waals surface area (Å²) in [6.07, 6.45) is 0. The molecule has 0 aliphatic carbocycles. The van der Waals surface area contributed by atoms with Crippen LogP contribution < -0.4 is 5.32 Å². The van der Waals surface area contributed by atoms with Gasteiger partial charge in [-0.15, -0.1) is 0 Å². The number of esters is 1. The van der Waals surface area contributed by atoms with Crippen molar-refractivity contribution in [3.8, 4) is 0 Å². The number of hydrogen-bond donors (Lipinski definition) is 1. The molecule has 1 heterocycles. The summed E-state index contributed by atoms with van der Waals surface area (Å²) in [6, 6.07) is 5.83. The van der Waals surface area contributed by atoms with E-state index in [-0.39, 0.29) is 11.4 Å². The predicted octanol–water partition coefficient (Wildman–Crippen LogP) is 2.43. The quantitative estimate of drug-likeness (QED) is 0.514. The average molecular weight is 322 g/mol. The van der Waals surface area contributed by atoms with Gasteiger partial charge >= 0.3 is 11.7 Å². The lowest BCUT2D eigenvalue weighted by Crippen LogP contribution is -2.20. The maximum absolute atomic E-state index is 13.2. The summed E-state index contributed by atoms with van der Waals surface area (Å²) >= 11 is 0. The van der Waals surface area contributed by atoms with Gasteiger partial charge in [-0.2, -0.15) is 4.39 Å². The third kappa shape index (κ3) is 4.13. The van der Waals surface area contributed by atoms with Crippen molar-refractivity contribution in [2.45, 2.75) is 6.92 Å². The molecular weight excluding hydrogens is 311 g/mol. The minimum absolute atomic E-state index is 0.00740. The molecule has 2 aromatic rings. The normalized spacial score (nSPS) is 10.2. The highest BCUT2D eigenvalue weighted by Gasteiger charge is 2.17. The van der Waals surface area contributed by atoms with Crippen LogP contribution in [0.25, 0.3) is 0 Å². The van der Waals surface area contributed by atoms with E-state index in [1.165, 1.54) is 6.07 Å². The fourth-order valence-electron chi connectivity index (χ4n) is 1.67. The van der Waals surface area contributed by atoms with Crippen molar-refractivity contribution >= 4 is 23.3 Å². The van der Waals surface area contributed by atoms with Crippen molar-refractivity contribution in [3.63, 3.8) is 0 Å². The Labute approximate surface area is 129 Å². The zero-order valence-electron chi connectivity index (χ0n) is 11.9. The molecule has 1 aromatic heterocycles.